The molecule has 0 unspecified atom stereocenters. The minimum atomic E-state index is 0.349. The number of rotatable bonds is 1. The van der Waals surface area contributed by atoms with Crippen molar-refractivity contribution in [1.29, 1.82) is 5.26 Å². The van der Waals surface area contributed by atoms with Gasteiger partial charge < -0.3 is 0 Å². The monoisotopic (exact) mass is 295 g/mol. The van der Waals surface area contributed by atoms with Gasteiger partial charge in [-0.15, -0.1) is 0 Å². The van der Waals surface area contributed by atoms with Crippen LogP contribution in [-0.2, 0) is 0 Å². The summed E-state index contributed by atoms with van der Waals surface area (Å²) >= 11 is 9.43. The smallest absolute Gasteiger partial charge is 0.150 e. The molecule has 16 heavy (non-hydrogen) atoms. The van der Waals surface area contributed by atoms with Crippen LogP contribution in [0.1, 0.15) is 11.3 Å². The van der Waals surface area contributed by atoms with Gasteiger partial charge in [0.1, 0.15) is 11.6 Å². The van der Waals surface area contributed by atoms with E-state index in [9.17, 15) is 0 Å². The second-order valence-electron chi connectivity index (χ2n) is 3.25. The van der Waals surface area contributed by atoms with E-state index in [1.165, 1.54) is 0 Å². The van der Waals surface area contributed by atoms with Crippen molar-refractivity contribution in [3.05, 3.63) is 45.1 Å². The minimum absolute atomic E-state index is 0.349. The van der Waals surface area contributed by atoms with E-state index in [0.717, 1.165) is 10.2 Å². The van der Waals surface area contributed by atoms with Crippen LogP contribution in [0.2, 0.25) is 5.15 Å². The lowest BCUT2D eigenvalue weighted by molar-refractivity contribution is 0.863. The van der Waals surface area contributed by atoms with Crippen LogP contribution in [0.15, 0.2) is 28.7 Å². The molecule has 3 nitrogen and oxygen atoms in total. The molecule has 5 heteroatoms. The van der Waals surface area contributed by atoms with Gasteiger partial charge in [-0.2, -0.15) is 10.4 Å². The zero-order chi connectivity index (χ0) is 11.7. The van der Waals surface area contributed by atoms with Crippen LogP contribution in [0, 0.1) is 18.3 Å². The van der Waals surface area contributed by atoms with Crippen LogP contribution in [0.4, 0.5) is 0 Å². The molecule has 1 heterocycles. The third-order valence-corrected chi connectivity index (χ3v) is 3.06. The molecule has 0 amide bonds. The summed E-state index contributed by atoms with van der Waals surface area (Å²) in [5.74, 6) is 0. The Morgan fingerprint density at radius 1 is 1.38 bits per heavy atom. The normalized spacial score (nSPS) is 10.1. The largest absolute Gasteiger partial charge is 0.221 e. The first-order valence-corrected chi connectivity index (χ1v) is 5.71. The number of aryl methyl sites for hydroxylation is 1. The van der Waals surface area contributed by atoms with E-state index in [2.05, 4.69) is 21.0 Å². The van der Waals surface area contributed by atoms with Gasteiger partial charge in [0, 0.05) is 4.47 Å². The Bertz CT molecular complexity index is 566. The molecule has 2 aromatic rings. The molecule has 1 aromatic heterocycles. The Balaban J connectivity index is 2.58. The fourth-order valence-corrected chi connectivity index (χ4v) is 1.96. The average molecular weight is 297 g/mol. The van der Waals surface area contributed by atoms with Gasteiger partial charge in [0.25, 0.3) is 0 Å². The highest BCUT2D eigenvalue weighted by Crippen LogP contribution is 2.23. The maximum atomic E-state index is 8.91. The van der Waals surface area contributed by atoms with Crippen LogP contribution in [0.5, 0.6) is 0 Å². The van der Waals surface area contributed by atoms with E-state index in [-0.39, 0.29) is 0 Å². The van der Waals surface area contributed by atoms with E-state index in [4.69, 9.17) is 16.9 Å². The molecular weight excluding hydrogens is 289 g/mol. The molecule has 0 radical (unpaired) electrons. The lowest BCUT2D eigenvalue weighted by Gasteiger charge is -2.02. The van der Waals surface area contributed by atoms with Crippen molar-refractivity contribution in [2.45, 2.75) is 6.92 Å². The van der Waals surface area contributed by atoms with Gasteiger partial charge in [0.2, 0.25) is 0 Å². The summed E-state index contributed by atoms with van der Waals surface area (Å²) in [6.07, 6.45) is 0. The van der Waals surface area contributed by atoms with Crippen molar-refractivity contribution >= 4 is 27.5 Å². The highest BCUT2D eigenvalue weighted by molar-refractivity contribution is 9.10. The van der Waals surface area contributed by atoms with Crippen LogP contribution < -0.4 is 0 Å². The lowest BCUT2D eigenvalue weighted by atomic mass is 10.3. The molecule has 0 spiro atoms. The molecule has 0 N–H and O–H groups in total. The van der Waals surface area contributed by atoms with Crippen LogP contribution in [0.25, 0.3) is 5.69 Å². The third-order valence-electron chi connectivity index (χ3n) is 2.19. The molecule has 0 aliphatic carbocycles. The van der Waals surface area contributed by atoms with E-state index < -0.39 is 0 Å². The summed E-state index contributed by atoms with van der Waals surface area (Å²) < 4.78 is 2.54. The van der Waals surface area contributed by atoms with Gasteiger partial charge >= 0.3 is 0 Å². The van der Waals surface area contributed by atoms with Crippen molar-refractivity contribution < 1.29 is 0 Å². The summed E-state index contributed by atoms with van der Waals surface area (Å²) in [4.78, 5) is 0. The Kier molecular flexibility index (Phi) is 2.99. The Hall–Kier alpha value is -1.31. The van der Waals surface area contributed by atoms with Crippen LogP contribution >= 0.6 is 27.5 Å². The van der Waals surface area contributed by atoms with E-state index in [1.807, 2.05) is 30.3 Å². The predicted molar refractivity (Wildman–Crippen MR) is 65.7 cm³/mol. The van der Waals surface area contributed by atoms with Gasteiger partial charge in [-0.25, -0.2) is 4.68 Å². The zero-order valence-electron chi connectivity index (χ0n) is 8.41. The summed E-state index contributed by atoms with van der Waals surface area (Å²) in [5, 5.41) is 13.5. The molecule has 0 fully saturated rings. The average Bonchev–Trinajstić information content (AvgIpc) is 2.55. The topological polar surface area (TPSA) is 41.6 Å². The summed E-state index contributed by atoms with van der Waals surface area (Å²) in [6, 6.07) is 9.59. The van der Waals surface area contributed by atoms with Gasteiger partial charge in [-0.3, -0.25) is 0 Å². The standard InChI is InChI=1S/C11H7BrClN3/c1-7-10(6-14)11(13)16(15-7)9-4-2-8(12)3-5-9/h2-5H,1H3. The second-order valence-corrected chi connectivity index (χ2v) is 4.52. The first-order valence-electron chi connectivity index (χ1n) is 4.54. The Morgan fingerprint density at radius 3 is 2.50 bits per heavy atom. The maximum absolute atomic E-state index is 8.91. The predicted octanol–water partition coefficient (Wildman–Crippen LogP) is 3.47. The van der Waals surface area contributed by atoms with Gasteiger partial charge in [0.05, 0.1) is 11.4 Å². The summed E-state index contributed by atoms with van der Waals surface area (Å²) in [5.41, 5.74) is 1.89. The quantitative estimate of drug-likeness (QED) is 0.808. The number of hydrogen-bond acceptors (Lipinski definition) is 2. The fourth-order valence-electron chi connectivity index (χ4n) is 1.38. The maximum Gasteiger partial charge on any atom is 0.150 e. The Morgan fingerprint density at radius 2 is 2.00 bits per heavy atom. The molecule has 0 saturated heterocycles. The van der Waals surface area contributed by atoms with Gasteiger partial charge in [0.15, 0.2) is 5.15 Å². The number of nitriles is 1. The zero-order valence-corrected chi connectivity index (χ0v) is 10.7. The number of nitrogens with zero attached hydrogens (tertiary/aromatic N) is 3. The molecule has 2 rings (SSSR count). The first kappa shape index (κ1) is 11.2. The first-order chi connectivity index (χ1) is 7.63. The molecule has 0 aliphatic rings. The number of aromatic nitrogens is 2. The number of hydrogen-bond donors (Lipinski definition) is 0. The van der Waals surface area contributed by atoms with Crippen molar-refractivity contribution in [2.24, 2.45) is 0 Å². The van der Waals surface area contributed by atoms with E-state index in [1.54, 1.807) is 11.6 Å². The van der Waals surface area contributed by atoms with Crippen molar-refractivity contribution in [3.63, 3.8) is 0 Å². The molecule has 0 saturated carbocycles. The number of halogens is 2. The van der Waals surface area contributed by atoms with E-state index >= 15 is 0 Å². The molecule has 0 aliphatic heterocycles. The summed E-state index contributed by atoms with van der Waals surface area (Å²) in [6.45, 7) is 1.76. The van der Waals surface area contributed by atoms with Gasteiger partial charge in [-0.1, -0.05) is 27.5 Å². The summed E-state index contributed by atoms with van der Waals surface area (Å²) in [7, 11) is 0. The Labute approximate surface area is 106 Å². The molecule has 80 valence electrons. The SMILES string of the molecule is Cc1nn(-c2ccc(Br)cc2)c(Cl)c1C#N. The van der Waals surface area contributed by atoms with Gasteiger partial charge in [-0.05, 0) is 31.2 Å². The second kappa shape index (κ2) is 4.28. The third kappa shape index (κ3) is 1.84. The number of benzene rings is 1. The lowest BCUT2D eigenvalue weighted by Crippen LogP contribution is -1.96. The minimum Gasteiger partial charge on any atom is -0.221 e. The molecular formula is C11H7BrClN3. The highest BCUT2D eigenvalue weighted by atomic mass is 79.9. The van der Waals surface area contributed by atoms with Crippen LogP contribution in [-0.4, -0.2) is 9.78 Å². The molecule has 1 aromatic carbocycles. The van der Waals surface area contributed by atoms with Crippen molar-refractivity contribution in [2.75, 3.05) is 0 Å². The van der Waals surface area contributed by atoms with Crippen molar-refractivity contribution in [1.82, 2.24) is 9.78 Å². The fraction of sp³-hybridized carbons (Fsp3) is 0.0909. The van der Waals surface area contributed by atoms with E-state index in [0.29, 0.717) is 16.4 Å². The van der Waals surface area contributed by atoms with Crippen LogP contribution in [0.3, 0.4) is 0 Å². The van der Waals surface area contributed by atoms with Crippen molar-refractivity contribution in [3.8, 4) is 11.8 Å². The highest BCUT2D eigenvalue weighted by Gasteiger charge is 2.13. The molecule has 0 atom stereocenters. The molecule has 0 bridgehead atoms.